The van der Waals surface area contributed by atoms with Crippen molar-refractivity contribution < 1.29 is 8.83 Å². The second kappa shape index (κ2) is 12.0. The molecular weight excluding hydrogens is 709 g/mol. The lowest BCUT2D eigenvalue weighted by Gasteiger charge is -2.29. The Kier molecular flexibility index (Phi) is 6.53. The smallest absolute Gasteiger partial charge is 0.178 e. The number of aromatic nitrogens is 1. The fraction of sp³-hybridized carbons (Fsp3) is 0.0370. The molecule has 3 aromatic heterocycles. The Bertz CT molecular complexity index is 3470. The van der Waals surface area contributed by atoms with Gasteiger partial charge in [-0.3, -0.25) is 0 Å². The molecule has 2 atom stereocenters. The van der Waals surface area contributed by atoms with Gasteiger partial charge in [0, 0.05) is 55.3 Å². The van der Waals surface area contributed by atoms with Gasteiger partial charge < -0.3 is 18.3 Å². The van der Waals surface area contributed by atoms with Gasteiger partial charge in [0.1, 0.15) is 11.2 Å². The van der Waals surface area contributed by atoms with E-state index in [1.165, 1.54) is 61.0 Å². The van der Waals surface area contributed by atoms with Crippen LogP contribution < -0.4 is 4.90 Å². The molecule has 11 aromatic rings. The van der Waals surface area contributed by atoms with Gasteiger partial charge in [0.25, 0.3) is 0 Å². The number of fused-ring (bicyclic) bond motifs is 13. The maximum Gasteiger partial charge on any atom is 0.178 e. The number of nitrogens with zero attached hydrogens (tertiary/aromatic N) is 2. The average molecular weight is 743 g/mol. The number of hydrogen-bond donors (Lipinski definition) is 0. The molecule has 0 saturated carbocycles. The number of benzene rings is 8. The Morgan fingerprint density at radius 2 is 1.05 bits per heavy atom. The van der Waals surface area contributed by atoms with Crippen LogP contribution >= 0.6 is 0 Å². The Hall–Kier alpha value is -7.56. The van der Waals surface area contributed by atoms with Crippen molar-refractivity contribution >= 4 is 82.6 Å². The molecule has 1 aliphatic heterocycles. The molecule has 0 saturated heterocycles. The monoisotopic (exact) mass is 742 g/mol. The predicted octanol–water partition coefficient (Wildman–Crippen LogP) is 14.5. The summed E-state index contributed by atoms with van der Waals surface area (Å²) in [6, 6.07) is 63.4. The summed E-state index contributed by atoms with van der Waals surface area (Å²) in [6.07, 6.45) is 7.16. The molecule has 0 fully saturated rings. The lowest BCUT2D eigenvalue weighted by molar-refractivity contribution is 0.633. The summed E-state index contributed by atoms with van der Waals surface area (Å²) in [7, 11) is 0. The average Bonchev–Trinajstić information content (AvgIpc) is 4.04. The van der Waals surface area contributed by atoms with Gasteiger partial charge in [0.05, 0.1) is 17.1 Å². The molecule has 1 aliphatic carbocycles. The van der Waals surface area contributed by atoms with Crippen LogP contribution in [0.1, 0.15) is 17.0 Å². The molecule has 0 amide bonds. The van der Waals surface area contributed by atoms with Crippen molar-refractivity contribution in [3.63, 3.8) is 0 Å². The summed E-state index contributed by atoms with van der Waals surface area (Å²) < 4.78 is 15.6. The van der Waals surface area contributed by atoms with Crippen molar-refractivity contribution in [3.8, 4) is 16.8 Å². The number of para-hydroxylation sites is 3. The highest BCUT2D eigenvalue weighted by atomic mass is 16.4. The quantitative estimate of drug-likeness (QED) is 0.180. The Morgan fingerprint density at radius 3 is 1.78 bits per heavy atom. The normalized spacial score (nSPS) is 16.3. The van der Waals surface area contributed by atoms with Gasteiger partial charge in [-0.25, -0.2) is 0 Å². The van der Waals surface area contributed by atoms with E-state index in [1.807, 2.05) is 0 Å². The second-order valence-corrected chi connectivity index (χ2v) is 15.6. The molecule has 0 bridgehead atoms. The first kappa shape index (κ1) is 31.6. The SMILES string of the molecule is C1=CC2C(C=C1c1ccc3oc4c(ccc5c6cc(-n7c8ccccc8c8ccccc87)ccc6oc54)c3c1)c1cc(-c3ccccc3)ccc1N2c1ccccc1. The fourth-order valence-electron chi connectivity index (χ4n) is 9.87. The topological polar surface area (TPSA) is 34.5 Å². The third-order valence-electron chi connectivity index (χ3n) is 12.5. The minimum atomic E-state index is 0.183. The van der Waals surface area contributed by atoms with Crippen LogP contribution in [0.4, 0.5) is 11.4 Å². The summed E-state index contributed by atoms with van der Waals surface area (Å²) in [6.45, 7) is 0. The summed E-state index contributed by atoms with van der Waals surface area (Å²) in [4.78, 5) is 2.50. The Morgan fingerprint density at radius 1 is 0.431 bits per heavy atom. The third-order valence-corrected chi connectivity index (χ3v) is 12.5. The molecule has 272 valence electrons. The lowest BCUT2D eigenvalue weighted by atomic mass is 9.85. The number of allylic oxidation sites excluding steroid dienone is 2. The minimum absolute atomic E-state index is 0.183. The van der Waals surface area contributed by atoms with Crippen LogP contribution in [0.2, 0.25) is 0 Å². The highest BCUT2D eigenvalue weighted by Crippen LogP contribution is 2.50. The van der Waals surface area contributed by atoms with E-state index in [4.69, 9.17) is 8.83 Å². The number of anilines is 2. The molecule has 4 nitrogen and oxygen atoms in total. The predicted molar refractivity (Wildman–Crippen MR) is 239 cm³/mol. The molecule has 4 heterocycles. The highest BCUT2D eigenvalue weighted by molar-refractivity contribution is 6.19. The molecule has 0 spiro atoms. The van der Waals surface area contributed by atoms with Gasteiger partial charge in [-0.15, -0.1) is 0 Å². The van der Waals surface area contributed by atoms with Gasteiger partial charge >= 0.3 is 0 Å². The van der Waals surface area contributed by atoms with Gasteiger partial charge in [0.2, 0.25) is 0 Å². The van der Waals surface area contributed by atoms with Gasteiger partial charge in [-0.2, -0.15) is 0 Å². The maximum atomic E-state index is 6.65. The van der Waals surface area contributed by atoms with E-state index < -0.39 is 0 Å². The van der Waals surface area contributed by atoms with Crippen molar-refractivity contribution in [2.45, 2.75) is 12.0 Å². The summed E-state index contributed by atoms with van der Waals surface area (Å²) in [5.41, 5.74) is 15.4. The summed E-state index contributed by atoms with van der Waals surface area (Å²) in [5.74, 6) is 0.193. The van der Waals surface area contributed by atoms with E-state index >= 15 is 0 Å². The summed E-state index contributed by atoms with van der Waals surface area (Å²) >= 11 is 0. The van der Waals surface area contributed by atoms with Crippen molar-refractivity contribution in [3.05, 3.63) is 205 Å². The van der Waals surface area contributed by atoms with Gasteiger partial charge in [0.15, 0.2) is 11.2 Å². The molecule has 2 unspecified atom stereocenters. The van der Waals surface area contributed by atoms with E-state index in [1.54, 1.807) is 0 Å². The van der Waals surface area contributed by atoms with E-state index in [0.717, 1.165) is 49.6 Å². The molecule has 13 rings (SSSR count). The standard InChI is InChI=1S/C54H34N2O2/c1-3-11-33(12-4-1)34-19-25-49-43(29-34)44-30-35(20-26-50(44)55(49)37-13-5-2-6-14-37)36-21-27-51-45(31-36)41-23-24-42-46-32-38(22-28-52(46)58-54(42)53(41)57-51)56-47-17-9-7-15-39(47)40-16-8-10-18-48(40)56/h1-32,44,50H. The molecule has 4 heteroatoms. The first-order chi connectivity index (χ1) is 28.7. The summed E-state index contributed by atoms with van der Waals surface area (Å²) in [5, 5.41) is 6.75. The largest absolute Gasteiger partial charge is 0.452 e. The fourth-order valence-corrected chi connectivity index (χ4v) is 9.87. The maximum absolute atomic E-state index is 6.65. The van der Waals surface area contributed by atoms with Crippen molar-refractivity contribution in [2.24, 2.45) is 0 Å². The van der Waals surface area contributed by atoms with E-state index in [-0.39, 0.29) is 12.0 Å². The highest BCUT2D eigenvalue weighted by Gasteiger charge is 2.38. The van der Waals surface area contributed by atoms with Crippen LogP contribution in [0.15, 0.2) is 203 Å². The molecule has 2 aliphatic rings. The van der Waals surface area contributed by atoms with Crippen molar-refractivity contribution in [1.82, 2.24) is 4.57 Å². The van der Waals surface area contributed by atoms with Crippen LogP contribution in [0.25, 0.3) is 88.1 Å². The lowest BCUT2D eigenvalue weighted by Crippen LogP contribution is -2.28. The Balaban J connectivity index is 0.916. The molecule has 0 radical (unpaired) electrons. The zero-order chi connectivity index (χ0) is 37.9. The molecule has 8 aromatic carbocycles. The van der Waals surface area contributed by atoms with Crippen molar-refractivity contribution in [1.29, 1.82) is 0 Å². The third kappa shape index (κ3) is 4.51. The minimum Gasteiger partial charge on any atom is -0.452 e. The van der Waals surface area contributed by atoms with Crippen LogP contribution in [0.3, 0.4) is 0 Å². The van der Waals surface area contributed by atoms with Gasteiger partial charge in [-0.05, 0) is 107 Å². The molecule has 58 heavy (non-hydrogen) atoms. The molecular formula is C54H34N2O2. The first-order valence-corrected chi connectivity index (χ1v) is 20.0. The van der Waals surface area contributed by atoms with E-state index in [0.29, 0.717) is 0 Å². The number of rotatable bonds is 4. The van der Waals surface area contributed by atoms with Crippen molar-refractivity contribution in [2.75, 3.05) is 4.90 Å². The van der Waals surface area contributed by atoms with E-state index in [2.05, 4.69) is 204 Å². The van der Waals surface area contributed by atoms with Crippen LogP contribution in [-0.2, 0) is 0 Å². The molecule has 0 N–H and O–H groups in total. The second-order valence-electron chi connectivity index (χ2n) is 15.6. The van der Waals surface area contributed by atoms with Crippen LogP contribution in [0.5, 0.6) is 0 Å². The van der Waals surface area contributed by atoms with Crippen LogP contribution in [0, 0.1) is 0 Å². The zero-order valence-corrected chi connectivity index (χ0v) is 31.3. The number of hydrogen-bond acceptors (Lipinski definition) is 3. The van der Waals surface area contributed by atoms with Gasteiger partial charge in [-0.1, -0.05) is 115 Å². The Labute approximate surface area is 333 Å². The first-order valence-electron chi connectivity index (χ1n) is 20.0. The van der Waals surface area contributed by atoms with Crippen LogP contribution in [-0.4, -0.2) is 10.6 Å². The van der Waals surface area contributed by atoms with E-state index in [9.17, 15) is 0 Å². The zero-order valence-electron chi connectivity index (χ0n) is 31.3. The number of furan rings is 2.